The number of rotatable bonds is 6. The molecule has 0 aliphatic heterocycles. The maximum Gasteiger partial charge on any atom is 0.408 e. The van der Waals surface area contributed by atoms with Crippen molar-refractivity contribution in [2.45, 2.75) is 25.0 Å². The molecular weight excluding hydrogens is 384 g/mol. The van der Waals surface area contributed by atoms with Gasteiger partial charge in [-0.25, -0.2) is 9.78 Å². The maximum atomic E-state index is 12.1. The van der Waals surface area contributed by atoms with E-state index in [1.807, 2.05) is 24.3 Å². The van der Waals surface area contributed by atoms with E-state index in [2.05, 4.69) is 4.98 Å². The first-order chi connectivity index (χ1) is 13.0. The van der Waals surface area contributed by atoms with Crippen molar-refractivity contribution < 1.29 is 15.0 Å². The van der Waals surface area contributed by atoms with Crippen LogP contribution in [0.15, 0.2) is 48.5 Å². The molecule has 27 heavy (non-hydrogen) atoms. The first kappa shape index (κ1) is 18.2. The number of benzene rings is 2. The van der Waals surface area contributed by atoms with E-state index in [-0.39, 0.29) is 0 Å². The van der Waals surface area contributed by atoms with Crippen LogP contribution in [-0.4, -0.2) is 32.7 Å². The highest BCUT2D eigenvalue weighted by Gasteiger charge is 2.38. The van der Waals surface area contributed by atoms with Crippen LogP contribution in [0.4, 0.5) is 4.79 Å². The molecule has 1 saturated carbocycles. The maximum absolute atomic E-state index is 12.1. The van der Waals surface area contributed by atoms with Gasteiger partial charge in [-0.15, -0.1) is 11.3 Å². The Balaban J connectivity index is 1.78. The molecule has 0 spiro atoms. The second kappa shape index (κ2) is 7.46. The summed E-state index contributed by atoms with van der Waals surface area (Å²) in [6.07, 6.45) is -0.0703. The summed E-state index contributed by atoms with van der Waals surface area (Å²) in [4.78, 5) is 18.0. The zero-order valence-electron chi connectivity index (χ0n) is 14.5. The molecule has 1 aliphatic rings. The molecule has 0 unspecified atom stereocenters. The van der Waals surface area contributed by atoms with Crippen molar-refractivity contribution in [3.8, 4) is 0 Å². The SMILES string of the molecule is O=C(O)N(CC1CC1)[C@H](c1nc2ccccc2s1)[C@H](O)c1cccc(Cl)c1. The lowest BCUT2D eigenvalue weighted by atomic mass is 10.0. The first-order valence-electron chi connectivity index (χ1n) is 8.81. The number of hydrogen-bond donors (Lipinski definition) is 2. The number of carbonyl (C=O) groups is 1. The van der Waals surface area contributed by atoms with Crippen LogP contribution in [-0.2, 0) is 0 Å². The van der Waals surface area contributed by atoms with Crippen molar-refractivity contribution in [3.05, 3.63) is 64.1 Å². The highest BCUT2D eigenvalue weighted by Crippen LogP contribution is 2.41. The second-order valence-corrected chi connectivity index (χ2v) is 8.34. The van der Waals surface area contributed by atoms with Gasteiger partial charge in [0.15, 0.2) is 0 Å². The van der Waals surface area contributed by atoms with Gasteiger partial charge in [-0.2, -0.15) is 0 Å². The molecular formula is C20H19ClN2O3S. The van der Waals surface area contributed by atoms with Gasteiger partial charge in [0.1, 0.15) is 17.2 Å². The van der Waals surface area contributed by atoms with Crippen LogP contribution in [0.25, 0.3) is 10.2 Å². The predicted octanol–water partition coefficient (Wildman–Crippen LogP) is 5.11. The smallest absolute Gasteiger partial charge is 0.408 e. The quantitative estimate of drug-likeness (QED) is 0.600. The minimum Gasteiger partial charge on any atom is -0.465 e. The Morgan fingerprint density at radius 2 is 2.04 bits per heavy atom. The van der Waals surface area contributed by atoms with Crippen LogP contribution in [0.3, 0.4) is 0 Å². The lowest BCUT2D eigenvalue weighted by molar-refractivity contribution is 0.0442. The lowest BCUT2D eigenvalue weighted by Gasteiger charge is -2.32. The zero-order chi connectivity index (χ0) is 19.0. The molecule has 0 saturated heterocycles. The van der Waals surface area contributed by atoms with Crippen molar-refractivity contribution in [1.29, 1.82) is 0 Å². The molecule has 2 N–H and O–H groups in total. The van der Waals surface area contributed by atoms with E-state index in [4.69, 9.17) is 11.6 Å². The van der Waals surface area contributed by atoms with Crippen LogP contribution in [0.5, 0.6) is 0 Å². The Morgan fingerprint density at radius 3 is 2.70 bits per heavy atom. The first-order valence-corrected chi connectivity index (χ1v) is 10.0. The summed E-state index contributed by atoms with van der Waals surface area (Å²) in [6, 6.07) is 13.8. The Morgan fingerprint density at radius 1 is 1.26 bits per heavy atom. The number of nitrogens with zero attached hydrogens (tertiary/aromatic N) is 2. The van der Waals surface area contributed by atoms with Crippen LogP contribution in [0.1, 0.15) is 35.6 Å². The van der Waals surface area contributed by atoms with Crippen molar-refractivity contribution in [3.63, 3.8) is 0 Å². The van der Waals surface area contributed by atoms with Crippen LogP contribution in [0, 0.1) is 5.92 Å². The molecule has 0 bridgehead atoms. The lowest BCUT2D eigenvalue weighted by Crippen LogP contribution is -2.38. The molecule has 2 aromatic carbocycles. The van der Waals surface area contributed by atoms with Gasteiger partial charge in [0.2, 0.25) is 0 Å². The number of carboxylic acid groups (broad SMARTS) is 1. The molecule has 3 aromatic rings. The Kier molecular flexibility index (Phi) is 5.04. The van der Waals surface area contributed by atoms with Gasteiger partial charge in [0.25, 0.3) is 0 Å². The molecule has 5 nitrogen and oxygen atoms in total. The number of thiazole rings is 1. The van der Waals surface area contributed by atoms with Crippen molar-refractivity contribution in [2.75, 3.05) is 6.54 Å². The molecule has 2 atom stereocenters. The monoisotopic (exact) mass is 402 g/mol. The van der Waals surface area contributed by atoms with E-state index < -0.39 is 18.2 Å². The topological polar surface area (TPSA) is 73.7 Å². The van der Waals surface area contributed by atoms with Gasteiger partial charge < -0.3 is 10.2 Å². The summed E-state index contributed by atoms with van der Waals surface area (Å²) >= 11 is 7.50. The number of aliphatic hydroxyl groups excluding tert-OH is 1. The van der Waals surface area contributed by atoms with Gasteiger partial charge in [0.05, 0.1) is 10.2 Å². The highest BCUT2D eigenvalue weighted by atomic mass is 35.5. The van der Waals surface area contributed by atoms with E-state index in [0.717, 1.165) is 23.1 Å². The van der Waals surface area contributed by atoms with E-state index in [9.17, 15) is 15.0 Å². The largest absolute Gasteiger partial charge is 0.465 e. The van der Waals surface area contributed by atoms with Gasteiger partial charge in [0, 0.05) is 11.6 Å². The number of aromatic nitrogens is 1. The number of aliphatic hydroxyl groups is 1. The standard InChI is InChI=1S/C20H19ClN2O3S/c21-14-5-3-4-13(10-14)18(24)17(23(20(25)26)11-12-8-9-12)19-22-15-6-1-2-7-16(15)27-19/h1-7,10,12,17-18,24H,8-9,11H2,(H,25,26)/t17-,18+/m0/s1. The Bertz CT molecular complexity index is 940. The number of amides is 1. The fourth-order valence-corrected chi connectivity index (χ4v) is 4.53. The normalized spacial score (nSPS) is 16.2. The third kappa shape index (κ3) is 3.93. The van der Waals surface area contributed by atoms with Gasteiger partial charge in [-0.3, -0.25) is 4.90 Å². The van der Waals surface area contributed by atoms with Crippen LogP contribution in [0.2, 0.25) is 5.02 Å². The van der Waals surface area contributed by atoms with Crippen LogP contribution >= 0.6 is 22.9 Å². The van der Waals surface area contributed by atoms with E-state index in [0.29, 0.717) is 28.1 Å². The van der Waals surface area contributed by atoms with Gasteiger partial charge >= 0.3 is 6.09 Å². The third-order valence-corrected chi connectivity index (χ3v) is 6.13. The molecule has 1 amide bonds. The Hall–Kier alpha value is -2.15. The van der Waals surface area contributed by atoms with Gasteiger partial charge in [-0.1, -0.05) is 35.9 Å². The van der Waals surface area contributed by atoms with Crippen molar-refractivity contribution >= 4 is 39.2 Å². The summed E-state index contributed by atoms with van der Waals surface area (Å²) in [5.74, 6) is 0.351. The van der Waals surface area contributed by atoms with Crippen molar-refractivity contribution in [1.82, 2.24) is 9.88 Å². The van der Waals surface area contributed by atoms with Gasteiger partial charge in [-0.05, 0) is 48.6 Å². The molecule has 4 rings (SSSR count). The summed E-state index contributed by atoms with van der Waals surface area (Å²) in [5.41, 5.74) is 1.38. The summed E-state index contributed by atoms with van der Waals surface area (Å²) in [6.45, 7) is 0.396. The number of hydrogen-bond acceptors (Lipinski definition) is 4. The molecule has 7 heteroatoms. The van der Waals surface area contributed by atoms with Crippen molar-refractivity contribution in [2.24, 2.45) is 5.92 Å². The van der Waals surface area contributed by atoms with Crippen LogP contribution < -0.4 is 0 Å². The average Bonchev–Trinajstić information content (AvgIpc) is 3.37. The Labute approximate surface area is 165 Å². The number of halogens is 1. The zero-order valence-corrected chi connectivity index (χ0v) is 16.0. The second-order valence-electron chi connectivity index (χ2n) is 6.84. The summed E-state index contributed by atoms with van der Waals surface area (Å²) in [7, 11) is 0. The van der Waals surface area contributed by atoms with E-state index in [1.165, 1.54) is 16.2 Å². The minimum absolute atomic E-state index is 0.351. The van der Waals surface area contributed by atoms with E-state index >= 15 is 0 Å². The van der Waals surface area contributed by atoms with E-state index in [1.54, 1.807) is 24.3 Å². The summed E-state index contributed by atoms with van der Waals surface area (Å²) < 4.78 is 0.965. The summed E-state index contributed by atoms with van der Waals surface area (Å²) in [5, 5.41) is 22.1. The highest BCUT2D eigenvalue weighted by molar-refractivity contribution is 7.18. The number of para-hydroxylation sites is 1. The molecule has 1 heterocycles. The molecule has 0 radical (unpaired) electrons. The fraction of sp³-hybridized carbons (Fsp3) is 0.300. The fourth-order valence-electron chi connectivity index (χ4n) is 3.22. The number of fused-ring (bicyclic) bond motifs is 1. The minimum atomic E-state index is -1.06. The predicted molar refractivity (Wildman–Crippen MR) is 106 cm³/mol. The molecule has 140 valence electrons. The third-order valence-electron chi connectivity index (χ3n) is 4.79. The average molecular weight is 403 g/mol. The molecule has 1 aromatic heterocycles. The molecule has 1 aliphatic carbocycles. The molecule has 1 fully saturated rings.